The predicted molar refractivity (Wildman–Crippen MR) is 124 cm³/mol. The molecule has 0 saturated heterocycles. The average Bonchev–Trinajstić information content (AvgIpc) is 2.71. The van der Waals surface area contributed by atoms with Crippen LogP contribution in [0.2, 0.25) is 0 Å². The molecule has 1 aromatic rings. The second kappa shape index (κ2) is 17.7. The number of aromatic nitrogens is 1. The van der Waals surface area contributed by atoms with Gasteiger partial charge in [0.2, 0.25) is 0 Å². The number of hydrogen-bond donors (Lipinski definition) is 2. The monoisotopic (exact) mass is 619 g/mol. The van der Waals surface area contributed by atoms with Gasteiger partial charge in [-0.15, -0.1) is 0 Å². The van der Waals surface area contributed by atoms with E-state index in [0.717, 1.165) is 22.6 Å². The van der Waals surface area contributed by atoms with Gasteiger partial charge in [-0.2, -0.15) is 0 Å². The minimum Gasteiger partial charge on any atom is -1.00 e. The Labute approximate surface area is 229 Å². The van der Waals surface area contributed by atoms with Crippen LogP contribution in [-0.2, 0) is 17.1 Å². The first-order valence-electron chi connectivity index (χ1n) is 9.91. The SMILES string of the molecule is CC(=O)c1cccc(C(C)=O)n1.CC1=CC=CC(C)C1=N.CC1=CC=CC(C)C1=N.[Br-].[Br-].[Fe+2]. The molecule has 2 N–H and O–H groups in total. The van der Waals surface area contributed by atoms with Crippen molar-refractivity contribution < 1.29 is 60.6 Å². The van der Waals surface area contributed by atoms with E-state index in [1.54, 1.807) is 18.2 Å². The summed E-state index contributed by atoms with van der Waals surface area (Å²) in [5.41, 5.74) is 4.34. The summed E-state index contributed by atoms with van der Waals surface area (Å²) in [7, 11) is 0. The van der Waals surface area contributed by atoms with Crippen molar-refractivity contribution >= 4 is 23.0 Å². The van der Waals surface area contributed by atoms with Crippen LogP contribution >= 0.6 is 0 Å². The Hall–Kier alpha value is -1.73. The number of carbonyl (C=O) groups excluding carboxylic acids is 2. The van der Waals surface area contributed by atoms with Crippen LogP contribution in [0.5, 0.6) is 0 Å². The summed E-state index contributed by atoms with van der Waals surface area (Å²) in [6, 6.07) is 4.84. The number of Topliss-reactive ketones (excluding diaryl/α,β-unsaturated/α-hetero) is 2. The normalized spacial score (nSPS) is 17.8. The maximum Gasteiger partial charge on any atom is 2.00 e. The minimum absolute atomic E-state index is 0. The Bertz CT molecular complexity index is 893. The van der Waals surface area contributed by atoms with E-state index < -0.39 is 0 Å². The standard InChI is InChI=1S/C9H9NO2.2C8H11N.2BrH.Fe/c1-6(11)8-4-3-5-9(10-8)7(2)12;2*1-6-4-3-5-7(2)8(6)9;;;/h3-5H,1-2H3;2*3-6,9H,1-2H3;2*1H;/q;;;;;+2/p-2. The Balaban J connectivity index is -0.000000396. The van der Waals surface area contributed by atoms with Crippen LogP contribution in [0.25, 0.3) is 0 Å². The molecule has 0 aromatic carbocycles. The van der Waals surface area contributed by atoms with E-state index in [2.05, 4.69) is 4.98 Å². The van der Waals surface area contributed by atoms with Crippen LogP contribution in [0.15, 0.2) is 65.8 Å². The third-order valence-electron chi connectivity index (χ3n) is 4.72. The van der Waals surface area contributed by atoms with Crippen molar-refractivity contribution in [3.05, 3.63) is 77.2 Å². The summed E-state index contributed by atoms with van der Waals surface area (Å²) in [6.45, 7) is 10.9. The van der Waals surface area contributed by atoms with Crippen LogP contribution in [0, 0.1) is 22.7 Å². The summed E-state index contributed by atoms with van der Waals surface area (Å²) in [5.74, 6) is 0.376. The Kier molecular flexibility index (Phi) is 19.2. The summed E-state index contributed by atoms with van der Waals surface area (Å²) < 4.78 is 0. The van der Waals surface area contributed by atoms with Crippen molar-refractivity contribution in [3.8, 4) is 0 Å². The number of rotatable bonds is 2. The van der Waals surface area contributed by atoms with Crippen molar-refractivity contribution in [2.45, 2.75) is 41.5 Å². The molecular weight excluding hydrogens is 590 g/mol. The maximum absolute atomic E-state index is 10.8. The van der Waals surface area contributed by atoms with E-state index in [1.807, 2.05) is 64.2 Å². The van der Waals surface area contributed by atoms with Gasteiger partial charge in [0.25, 0.3) is 0 Å². The molecule has 1 aromatic heterocycles. The molecule has 0 fully saturated rings. The molecule has 0 radical (unpaired) electrons. The van der Waals surface area contributed by atoms with Gasteiger partial charge in [-0.3, -0.25) is 9.59 Å². The molecule has 0 spiro atoms. The first-order valence-corrected chi connectivity index (χ1v) is 9.91. The van der Waals surface area contributed by atoms with Crippen molar-refractivity contribution in [1.29, 1.82) is 10.8 Å². The quantitative estimate of drug-likeness (QED) is 0.355. The third-order valence-corrected chi connectivity index (χ3v) is 4.72. The van der Waals surface area contributed by atoms with Gasteiger partial charge in [0.1, 0.15) is 11.4 Å². The molecule has 3 rings (SSSR count). The zero-order valence-corrected chi connectivity index (χ0v) is 24.0. The van der Waals surface area contributed by atoms with Crippen LogP contribution < -0.4 is 34.0 Å². The molecule has 5 nitrogen and oxygen atoms in total. The molecule has 33 heavy (non-hydrogen) atoms. The topological polar surface area (TPSA) is 94.7 Å². The van der Waals surface area contributed by atoms with E-state index in [9.17, 15) is 9.59 Å². The van der Waals surface area contributed by atoms with Crippen LogP contribution in [0.3, 0.4) is 0 Å². The van der Waals surface area contributed by atoms with Crippen LogP contribution in [-0.4, -0.2) is 28.0 Å². The van der Waals surface area contributed by atoms with Gasteiger partial charge >= 0.3 is 17.1 Å². The summed E-state index contributed by atoms with van der Waals surface area (Å²) >= 11 is 0. The fourth-order valence-electron chi connectivity index (χ4n) is 2.65. The average molecular weight is 621 g/mol. The van der Waals surface area contributed by atoms with Gasteiger partial charge in [-0.25, -0.2) is 4.98 Å². The minimum atomic E-state index is -0.127. The van der Waals surface area contributed by atoms with Gasteiger partial charge in [0, 0.05) is 37.1 Å². The Morgan fingerprint density at radius 2 is 1.12 bits per heavy atom. The third kappa shape index (κ3) is 12.3. The molecule has 8 heteroatoms. The molecule has 2 unspecified atom stereocenters. The van der Waals surface area contributed by atoms with Crippen molar-refractivity contribution in [3.63, 3.8) is 0 Å². The van der Waals surface area contributed by atoms with E-state index >= 15 is 0 Å². The zero-order chi connectivity index (χ0) is 22.8. The number of nitrogens with one attached hydrogen (secondary N) is 2. The number of nitrogens with zero attached hydrogens (tertiary/aromatic N) is 1. The fraction of sp³-hybridized carbons (Fsp3) is 0.320. The van der Waals surface area contributed by atoms with Crippen molar-refractivity contribution in [2.24, 2.45) is 11.8 Å². The molecule has 1 heterocycles. The molecule has 2 aliphatic carbocycles. The first kappa shape index (κ1) is 35.9. The Morgan fingerprint density at radius 1 is 0.788 bits per heavy atom. The Morgan fingerprint density at radius 3 is 1.36 bits per heavy atom. The summed E-state index contributed by atoms with van der Waals surface area (Å²) in [6.07, 6.45) is 12.0. The molecule has 2 aliphatic rings. The van der Waals surface area contributed by atoms with E-state index in [-0.39, 0.29) is 62.6 Å². The van der Waals surface area contributed by atoms with Crippen molar-refractivity contribution in [2.75, 3.05) is 0 Å². The molecule has 0 saturated carbocycles. The van der Waals surface area contributed by atoms with Crippen LogP contribution in [0.4, 0.5) is 0 Å². The molecule has 180 valence electrons. The van der Waals surface area contributed by atoms with Gasteiger partial charge in [0.15, 0.2) is 11.6 Å². The first-order chi connectivity index (χ1) is 14.0. The maximum atomic E-state index is 10.8. The number of ketones is 2. The second-order valence-electron chi connectivity index (χ2n) is 7.39. The molecule has 0 bridgehead atoms. The summed E-state index contributed by atoms with van der Waals surface area (Å²) in [5, 5.41) is 15.0. The van der Waals surface area contributed by atoms with Gasteiger partial charge in [-0.05, 0) is 37.1 Å². The number of carbonyl (C=O) groups is 2. The molecule has 2 atom stereocenters. The van der Waals surface area contributed by atoms with E-state index in [4.69, 9.17) is 10.8 Å². The predicted octanol–water partition coefficient (Wildman–Crippen LogP) is -0.191. The zero-order valence-electron chi connectivity index (χ0n) is 19.7. The van der Waals surface area contributed by atoms with Crippen molar-refractivity contribution in [1.82, 2.24) is 4.98 Å². The fourth-order valence-corrected chi connectivity index (χ4v) is 2.65. The number of pyridine rings is 1. The smallest absolute Gasteiger partial charge is 1.00 e. The van der Waals surface area contributed by atoms with Crippen LogP contribution in [0.1, 0.15) is 62.5 Å². The second-order valence-corrected chi connectivity index (χ2v) is 7.39. The van der Waals surface area contributed by atoms with Gasteiger partial charge in [0.05, 0.1) is 0 Å². The number of allylic oxidation sites excluding steroid dienone is 8. The largest absolute Gasteiger partial charge is 2.00 e. The molecule has 0 amide bonds. The van der Waals surface area contributed by atoms with Gasteiger partial charge in [-0.1, -0.05) is 56.4 Å². The van der Waals surface area contributed by atoms with E-state index in [1.165, 1.54) is 13.8 Å². The molecule has 0 aliphatic heterocycles. The summed E-state index contributed by atoms with van der Waals surface area (Å²) in [4.78, 5) is 25.6. The van der Waals surface area contributed by atoms with Gasteiger partial charge < -0.3 is 44.8 Å². The van der Waals surface area contributed by atoms with E-state index in [0.29, 0.717) is 23.2 Å². The number of halogens is 2. The number of hydrogen-bond acceptors (Lipinski definition) is 5. The molecular formula is C25H31Br2FeN3O2.